The molecule has 186 valence electrons. The number of ether oxygens (including phenoxy) is 1. The van der Waals surface area contributed by atoms with Crippen molar-refractivity contribution in [2.45, 2.75) is 32.2 Å². The van der Waals surface area contributed by atoms with Gasteiger partial charge in [-0.3, -0.25) is 9.59 Å². The van der Waals surface area contributed by atoms with Crippen molar-refractivity contribution in [3.8, 4) is 6.07 Å². The highest BCUT2D eigenvalue weighted by atomic mass is 35.5. The largest absolute Gasteiger partial charge is 0.469 e. The number of hydrogen-bond donors (Lipinski definition) is 0. The van der Waals surface area contributed by atoms with E-state index in [0.29, 0.717) is 54.5 Å². The predicted molar refractivity (Wildman–Crippen MR) is 137 cm³/mol. The molecule has 1 saturated heterocycles. The summed E-state index contributed by atoms with van der Waals surface area (Å²) in [6, 6.07) is 14.8. The van der Waals surface area contributed by atoms with Crippen molar-refractivity contribution in [3.63, 3.8) is 0 Å². The third-order valence-electron chi connectivity index (χ3n) is 6.82. The van der Waals surface area contributed by atoms with Crippen molar-refractivity contribution in [3.05, 3.63) is 87.4 Å². The molecule has 1 fully saturated rings. The first-order chi connectivity index (χ1) is 17.3. The standard InChI is InChI=1S/C27H26Cl2N4O3/c1-36-26(35)27(14-21-3-2-4-23(28)25(21)29)9-11-32(12-10-27)24(34)13-22-16-31-18-33(22)17-20-7-5-19(15-30)6-8-20/h2-8,16,18H,9-14,17H2,1H3. The summed E-state index contributed by atoms with van der Waals surface area (Å²) >= 11 is 12.6. The number of nitriles is 1. The van der Waals surface area contributed by atoms with Crippen LogP contribution in [0.1, 0.15) is 35.2 Å². The lowest BCUT2D eigenvalue weighted by Gasteiger charge is -2.40. The van der Waals surface area contributed by atoms with Crippen LogP contribution in [0.2, 0.25) is 10.0 Å². The highest BCUT2D eigenvalue weighted by molar-refractivity contribution is 6.42. The Labute approximate surface area is 220 Å². The highest BCUT2D eigenvalue weighted by Crippen LogP contribution is 2.39. The number of methoxy groups -OCH3 is 1. The number of piperidine rings is 1. The summed E-state index contributed by atoms with van der Waals surface area (Å²) in [4.78, 5) is 32.0. The van der Waals surface area contributed by atoms with E-state index in [-0.39, 0.29) is 18.3 Å². The lowest BCUT2D eigenvalue weighted by Crippen LogP contribution is -2.48. The lowest BCUT2D eigenvalue weighted by molar-refractivity contribution is -0.157. The molecule has 0 spiro atoms. The minimum atomic E-state index is -0.767. The molecule has 36 heavy (non-hydrogen) atoms. The van der Waals surface area contributed by atoms with Crippen LogP contribution in [0.5, 0.6) is 0 Å². The zero-order valence-corrected chi connectivity index (χ0v) is 21.4. The Kier molecular flexibility index (Phi) is 7.97. The molecule has 2 aromatic carbocycles. The van der Waals surface area contributed by atoms with Crippen molar-refractivity contribution < 1.29 is 14.3 Å². The van der Waals surface area contributed by atoms with Gasteiger partial charge >= 0.3 is 5.97 Å². The van der Waals surface area contributed by atoms with Crippen LogP contribution in [0.25, 0.3) is 0 Å². The Morgan fingerprint density at radius 2 is 1.86 bits per heavy atom. The molecule has 1 aliphatic heterocycles. The van der Waals surface area contributed by atoms with Gasteiger partial charge in [-0.1, -0.05) is 47.5 Å². The Bertz CT molecular complexity index is 1290. The molecule has 0 unspecified atom stereocenters. The number of amides is 1. The van der Waals surface area contributed by atoms with Crippen molar-refractivity contribution >= 4 is 35.1 Å². The number of benzene rings is 2. The molecule has 9 heteroatoms. The second-order valence-corrected chi connectivity index (χ2v) is 9.83. The summed E-state index contributed by atoms with van der Waals surface area (Å²) in [7, 11) is 1.39. The second kappa shape index (κ2) is 11.2. The van der Waals surface area contributed by atoms with E-state index >= 15 is 0 Å². The van der Waals surface area contributed by atoms with Gasteiger partial charge in [0, 0.05) is 31.5 Å². The first-order valence-electron chi connectivity index (χ1n) is 11.6. The molecule has 2 heterocycles. The van der Waals surface area contributed by atoms with Crippen LogP contribution >= 0.6 is 23.2 Å². The fourth-order valence-electron chi connectivity index (χ4n) is 4.69. The monoisotopic (exact) mass is 524 g/mol. The molecule has 0 radical (unpaired) electrons. The number of hydrogen-bond acceptors (Lipinski definition) is 5. The van der Waals surface area contributed by atoms with E-state index in [1.807, 2.05) is 28.8 Å². The number of nitrogens with zero attached hydrogens (tertiary/aromatic N) is 4. The summed E-state index contributed by atoms with van der Waals surface area (Å²) < 4.78 is 7.09. The molecule has 1 amide bonds. The Balaban J connectivity index is 1.42. The average molecular weight is 525 g/mol. The number of esters is 1. The van der Waals surface area contributed by atoms with Gasteiger partial charge in [0.2, 0.25) is 5.91 Å². The fourth-order valence-corrected chi connectivity index (χ4v) is 5.08. The highest BCUT2D eigenvalue weighted by Gasteiger charge is 2.43. The number of aromatic nitrogens is 2. The van der Waals surface area contributed by atoms with Crippen molar-refractivity contribution in [1.82, 2.24) is 14.5 Å². The minimum Gasteiger partial charge on any atom is -0.469 e. The molecule has 1 aromatic heterocycles. The summed E-state index contributed by atoms with van der Waals surface area (Å²) in [5, 5.41) is 9.87. The minimum absolute atomic E-state index is 0.0177. The van der Waals surface area contributed by atoms with Gasteiger partial charge in [0.05, 0.1) is 47.0 Å². The van der Waals surface area contributed by atoms with Crippen LogP contribution in [0.4, 0.5) is 0 Å². The summed E-state index contributed by atoms with van der Waals surface area (Å²) in [6.45, 7) is 1.44. The fraction of sp³-hybridized carbons (Fsp3) is 0.333. The van der Waals surface area contributed by atoms with E-state index in [1.165, 1.54) is 7.11 Å². The van der Waals surface area contributed by atoms with Gasteiger partial charge < -0.3 is 14.2 Å². The maximum absolute atomic E-state index is 13.2. The molecule has 0 saturated carbocycles. The van der Waals surface area contributed by atoms with Crippen LogP contribution in [0, 0.1) is 16.7 Å². The van der Waals surface area contributed by atoms with Gasteiger partial charge in [0.15, 0.2) is 0 Å². The van der Waals surface area contributed by atoms with Crippen LogP contribution in [0.15, 0.2) is 55.0 Å². The van der Waals surface area contributed by atoms with Crippen molar-refractivity contribution in [2.75, 3.05) is 20.2 Å². The number of halogens is 2. The predicted octanol–water partition coefficient (Wildman–Crippen LogP) is 4.68. The smallest absolute Gasteiger partial charge is 0.312 e. The van der Waals surface area contributed by atoms with Gasteiger partial charge in [-0.25, -0.2) is 4.98 Å². The van der Waals surface area contributed by atoms with Crippen molar-refractivity contribution in [2.24, 2.45) is 5.41 Å². The molecule has 7 nitrogen and oxygen atoms in total. The van der Waals surface area contributed by atoms with Crippen LogP contribution in [-0.2, 0) is 33.7 Å². The van der Waals surface area contributed by atoms with Crippen LogP contribution in [0.3, 0.4) is 0 Å². The summed E-state index contributed by atoms with van der Waals surface area (Å²) in [5.41, 5.74) is 2.45. The molecule has 0 aliphatic carbocycles. The number of imidazole rings is 1. The van der Waals surface area contributed by atoms with E-state index < -0.39 is 5.41 Å². The zero-order valence-electron chi connectivity index (χ0n) is 19.9. The van der Waals surface area contributed by atoms with Gasteiger partial charge in [-0.2, -0.15) is 5.26 Å². The normalized spacial score (nSPS) is 14.8. The molecule has 0 bridgehead atoms. The summed E-state index contributed by atoms with van der Waals surface area (Å²) in [6.07, 6.45) is 4.96. The molecule has 1 aliphatic rings. The van der Waals surface area contributed by atoms with Gasteiger partial charge in [-0.05, 0) is 48.6 Å². The van der Waals surface area contributed by atoms with E-state index in [9.17, 15) is 9.59 Å². The first kappa shape index (κ1) is 25.7. The second-order valence-electron chi connectivity index (χ2n) is 9.04. The molecule has 0 N–H and O–H groups in total. The van der Waals surface area contributed by atoms with E-state index in [0.717, 1.165) is 16.8 Å². The molecular weight excluding hydrogens is 499 g/mol. The lowest BCUT2D eigenvalue weighted by atomic mass is 9.73. The quantitative estimate of drug-likeness (QED) is 0.418. The molecule has 4 rings (SSSR count). The SMILES string of the molecule is COC(=O)C1(Cc2cccc(Cl)c2Cl)CCN(C(=O)Cc2cncn2Cc2ccc(C#N)cc2)CC1. The van der Waals surface area contributed by atoms with E-state index in [1.54, 1.807) is 35.6 Å². The number of carbonyl (C=O) groups excluding carboxylic acids is 2. The molecule has 0 atom stereocenters. The number of rotatable bonds is 7. The number of carbonyl (C=O) groups is 2. The number of likely N-dealkylation sites (tertiary alicyclic amines) is 1. The Morgan fingerprint density at radius 3 is 2.53 bits per heavy atom. The van der Waals surface area contributed by atoms with Gasteiger partial charge in [-0.15, -0.1) is 0 Å². The summed E-state index contributed by atoms with van der Waals surface area (Å²) in [5.74, 6) is -0.318. The third kappa shape index (κ3) is 5.56. The van der Waals surface area contributed by atoms with E-state index in [2.05, 4.69) is 11.1 Å². The van der Waals surface area contributed by atoms with Gasteiger partial charge in [0.25, 0.3) is 0 Å². The average Bonchev–Trinajstić information content (AvgIpc) is 3.33. The van der Waals surface area contributed by atoms with Crippen molar-refractivity contribution in [1.29, 1.82) is 5.26 Å². The van der Waals surface area contributed by atoms with Gasteiger partial charge in [0.1, 0.15) is 0 Å². The van der Waals surface area contributed by atoms with Crippen LogP contribution in [-0.4, -0.2) is 46.5 Å². The van der Waals surface area contributed by atoms with Crippen LogP contribution < -0.4 is 0 Å². The third-order valence-corrected chi connectivity index (χ3v) is 7.68. The molecular formula is C27H26Cl2N4O3. The Hall–Kier alpha value is -3.34. The zero-order chi connectivity index (χ0) is 25.7. The Morgan fingerprint density at radius 1 is 1.14 bits per heavy atom. The first-order valence-corrected chi connectivity index (χ1v) is 12.4. The maximum Gasteiger partial charge on any atom is 0.312 e. The van der Waals surface area contributed by atoms with E-state index in [4.69, 9.17) is 33.2 Å². The topological polar surface area (TPSA) is 88.2 Å². The maximum atomic E-state index is 13.2. The molecule has 3 aromatic rings.